The molecular formula is C40H24N2O. The molecule has 10 rings (SSSR count). The summed E-state index contributed by atoms with van der Waals surface area (Å²) in [7, 11) is 0. The number of furan rings is 1. The molecule has 43 heavy (non-hydrogen) atoms. The van der Waals surface area contributed by atoms with Crippen molar-refractivity contribution in [2.24, 2.45) is 0 Å². The Morgan fingerprint density at radius 2 is 1.05 bits per heavy atom. The van der Waals surface area contributed by atoms with E-state index >= 15 is 0 Å². The summed E-state index contributed by atoms with van der Waals surface area (Å²) in [5.74, 6) is 0. The van der Waals surface area contributed by atoms with Crippen LogP contribution in [0.2, 0.25) is 0 Å². The molecule has 0 aliphatic carbocycles. The molecule has 0 radical (unpaired) electrons. The highest BCUT2D eigenvalue weighted by molar-refractivity contribution is 6.26. The predicted octanol–water partition coefficient (Wildman–Crippen LogP) is 10.9. The lowest BCUT2D eigenvalue weighted by molar-refractivity contribution is 0.669. The standard InChI is InChI=1S/C40H24N2O/c1-2-12-27(13-3-1)41-35-17-9-7-15-31(35)39-36(41)20-19-30-29-14-6-8-16-34(29)42(40(30)39)28-18-21-37-33(24-28)32-22-25-10-4-5-11-26(25)23-38(32)43-37/h1-24H. The second-order valence-corrected chi connectivity index (χ2v) is 11.4. The Morgan fingerprint density at radius 1 is 0.372 bits per heavy atom. The van der Waals surface area contributed by atoms with Gasteiger partial charge < -0.3 is 13.6 Å². The summed E-state index contributed by atoms with van der Waals surface area (Å²) in [5.41, 5.74) is 8.93. The first-order chi connectivity index (χ1) is 21.3. The van der Waals surface area contributed by atoms with Crippen molar-refractivity contribution in [3.05, 3.63) is 146 Å². The van der Waals surface area contributed by atoms with Crippen molar-refractivity contribution < 1.29 is 4.42 Å². The van der Waals surface area contributed by atoms with Crippen molar-refractivity contribution in [1.29, 1.82) is 0 Å². The second-order valence-electron chi connectivity index (χ2n) is 11.4. The van der Waals surface area contributed by atoms with Gasteiger partial charge in [0.1, 0.15) is 11.2 Å². The van der Waals surface area contributed by atoms with Crippen LogP contribution in [0.3, 0.4) is 0 Å². The molecule has 0 amide bonds. The average Bonchev–Trinajstić information content (AvgIpc) is 3.71. The zero-order valence-corrected chi connectivity index (χ0v) is 23.2. The van der Waals surface area contributed by atoms with Crippen LogP contribution in [0, 0.1) is 0 Å². The number of para-hydroxylation sites is 3. The van der Waals surface area contributed by atoms with Crippen LogP contribution < -0.4 is 0 Å². The SMILES string of the molecule is c1ccc(-n2c3ccccc3c3c2ccc2c4ccccc4n(-c4ccc5oc6cc7ccccc7cc6c5c4)c23)cc1. The Hall–Kier alpha value is -5.80. The second kappa shape index (κ2) is 8.37. The molecule has 0 bridgehead atoms. The van der Waals surface area contributed by atoms with Gasteiger partial charge in [-0.1, -0.05) is 84.9 Å². The summed E-state index contributed by atoms with van der Waals surface area (Å²) in [6.07, 6.45) is 0. The zero-order chi connectivity index (χ0) is 28.1. The Bertz CT molecular complexity index is 2720. The highest BCUT2D eigenvalue weighted by Gasteiger charge is 2.21. The van der Waals surface area contributed by atoms with Crippen LogP contribution in [-0.2, 0) is 0 Å². The lowest BCUT2D eigenvalue weighted by atomic mass is 10.1. The number of nitrogens with zero attached hydrogens (tertiary/aromatic N) is 2. The molecule has 0 saturated heterocycles. The van der Waals surface area contributed by atoms with Crippen LogP contribution >= 0.6 is 0 Å². The smallest absolute Gasteiger partial charge is 0.136 e. The maximum absolute atomic E-state index is 6.38. The summed E-state index contributed by atoms with van der Waals surface area (Å²) in [6, 6.07) is 52.3. The molecule has 0 N–H and O–H groups in total. The van der Waals surface area contributed by atoms with Gasteiger partial charge in [-0.3, -0.25) is 0 Å². The molecule has 0 unspecified atom stereocenters. The largest absolute Gasteiger partial charge is 0.456 e. The third-order valence-electron chi connectivity index (χ3n) is 9.06. The minimum atomic E-state index is 0.903. The molecule has 0 aliphatic rings. The van der Waals surface area contributed by atoms with Crippen molar-refractivity contribution in [2.45, 2.75) is 0 Å². The summed E-state index contributed by atoms with van der Waals surface area (Å²) in [5, 5.41) is 9.68. The Morgan fingerprint density at radius 3 is 1.88 bits per heavy atom. The number of hydrogen-bond donors (Lipinski definition) is 0. The van der Waals surface area contributed by atoms with E-state index in [4.69, 9.17) is 4.42 Å². The third kappa shape index (κ3) is 3.08. The van der Waals surface area contributed by atoms with Crippen LogP contribution in [-0.4, -0.2) is 9.13 Å². The van der Waals surface area contributed by atoms with Crippen molar-refractivity contribution in [3.63, 3.8) is 0 Å². The monoisotopic (exact) mass is 548 g/mol. The highest BCUT2D eigenvalue weighted by Crippen LogP contribution is 2.42. The predicted molar refractivity (Wildman–Crippen MR) is 180 cm³/mol. The van der Waals surface area contributed by atoms with Gasteiger partial charge in [-0.15, -0.1) is 0 Å². The van der Waals surface area contributed by atoms with Crippen molar-refractivity contribution in [2.75, 3.05) is 0 Å². The van der Waals surface area contributed by atoms with E-state index in [0.29, 0.717) is 0 Å². The molecule has 200 valence electrons. The van der Waals surface area contributed by atoms with E-state index in [1.54, 1.807) is 0 Å². The minimum Gasteiger partial charge on any atom is -0.456 e. The van der Waals surface area contributed by atoms with E-state index in [9.17, 15) is 0 Å². The first-order valence-corrected chi connectivity index (χ1v) is 14.7. The minimum absolute atomic E-state index is 0.903. The van der Waals surface area contributed by atoms with Gasteiger partial charge >= 0.3 is 0 Å². The van der Waals surface area contributed by atoms with E-state index in [1.165, 1.54) is 54.4 Å². The summed E-state index contributed by atoms with van der Waals surface area (Å²) in [4.78, 5) is 0. The summed E-state index contributed by atoms with van der Waals surface area (Å²) in [6.45, 7) is 0. The molecule has 0 aliphatic heterocycles. The molecule has 3 aromatic heterocycles. The first-order valence-electron chi connectivity index (χ1n) is 14.7. The van der Waals surface area contributed by atoms with Crippen molar-refractivity contribution in [1.82, 2.24) is 9.13 Å². The number of hydrogen-bond acceptors (Lipinski definition) is 1. The lowest BCUT2D eigenvalue weighted by Gasteiger charge is -2.10. The fraction of sp³-hybridized carbons (Fsp3) is 0. The van der Waals surface area contributed by atoms with Gasteiger partial charge in [-0.25, -0.2) is 0 Å². The van der Waals surface area contributed by atoms with Crippen LogP contribution in [0.15, 0.2) is 150 Å². The van der Waals surface area contributed by atoms with Crippen LogP contribution in [0.5, 0.6) is 0 Å². The lowest BCUT2D eigenvalue weighted by Crippen LogP contribution is -1.95. The molecule has 10 aromatic rings. The maximum Gasteiger partial charge on any atom is 0.136 e. The zero-order valence-electron chi connectivity index (χ0n) is 23.2. The fourth-order valence-electron chi connectivity index (χ4n) is 7.22. The van der Waals surface area contributed by atoms with E-state index in [0.717, 1.165) is 33.3 Å². The Balaban J connectivity index is 1.37. The summed E-state index contributed by atoms with van der Waals surface area (Å²) < 4.78 is 11.2. The molecular weight excluding hydrogens is 524 g/mol. The average molecular weight is 549 g/mol. The van der Waals surface area contributed by atoms with Gasteiger partial charge in [0.15, 0.2) is 0 Å². The van der Waals surface area contributed by atoms with Gasteiger partial charge in [0.25, 0.3) is 0 Å². The number of aromatic nitrogens is 2. The van der Waals surface area contributed by atoms with Gasteiger partial charge in [0, 0.05) is 43.7 Å². The molecule has 0 spiro atoms. The number of fused-ring (bicyclic) bond motifs is 11. The molecule has 0 fully saturated rings. The van der Waals surface area contributed by atoms with Crippen molar-refractivity contribution in [3.8, 4) is 11.4 Å². The quantitative estimate of drug-likeness (QED) is 0.211. The Labute approximate surface area is 246 Å². The molecule has 3 heterocycles. The Kier molecular flexibility index (Phi) is 4.45. The van der Waals surface area contributed by atoms with Crippen LogP contribution in [0.1, 0.15) is 0 Å². The molecule has 3 nitrogen and oxygen atoms in total. The van der Waals surface area contributed by atoms with Crippen LogP contribution in [0.25, 0.3) is 87.7 Å². The number of rotatable bonds is 2. The fourth-order valence-corrected chi connectivity index (χ4v) is 7.22. The van der Waals surface area contributed by atoms with Gasteiger partial charge in [-0.05, 0) is 71.4 Å². The topological polar surface area (TPSA) is 23.0 Å². The van der Waals surface area contributed by atoms with Crippen LogP contribution in [0.4, 0.5) is 0 Å². The molecule has 0 atom stereocenters. The highest BCUT2D eigenvalue weighted by atomic mass is 16.3. The van der Waals surface area contributed by atoms with Gasteiger partial charge in [0.05, 0.1) is 22.1 Å². The molecule has 0 saturated carbocycles. The van der Waals surface area contributed by atoms with E-state index < -0.39 is 0 Å². The van der Waals surface area contributed by atoms with Crippen molar-refractivity contribution >= 4 is 76.3 Å². The molecule has 7 aromatic carbocycles. The molecule has 3 heteroatoms. The third-order valence-corrected chi connectivity index (χ3v) is 9.06. The van der Waals surface area contributed by atoms with E-state index in [2.05, 4.69) is 155 Å². The van der Waals surface area contributed by atoms with Gasteiger partial charge in [-0.2, -0.15) is 0 Å². The maximum atomic E-state index is 6.38. The first kappa shape index (κ1) is 22.8. The van der Waals surface area contributed by atoms with E-state index in [1.807, 2.05) is 0 Å². The van der Waals surface area contributed by atoms with Gasteiger partial charge in [0.2, 0.25) is 0 Å². The normalized spacial score (nSPS) is 12.2. The summed E-state index contributed by atoms with van der Waals surface area (Å²) >= 11 is 0. The number of benzene rings is 7. The van der Waals surface area contributed by atoms with E-state index in [-0.39, 0.29) is 0 Å².